The molecule has 18 heteroatoms. The maximum Gasteiger partial charge on any atom is 0.407 e. The second-order valence-electron chi connectivity index (χ2n) is 25.0. The van der Waals surface area contributed by atoms with Gasteiger partial charge in [-0.1, -0.05) is 194 Å². The third-order valence-corrected chi connectivity index (χ3v) is 19.1. The summed E-state index contributed by atoms with van der Waals surface area (Å²) in [6.07, 6.45) is 0.437. The molecular weight excluding hydrogens is 1220 g/mol. The molecule has 498 valence electrons. The summed E-state index contributed by atoms with van der Waals surface area (Å²) in [6, 6.07) is 61.4. The van der Waals surface area contributed by atoms with Crippen molar-refractivity contribution in [1.29, 1.82) is 0 Å². The summed E-state index contributed by atoms with van der Waals surface area (Å²) in [5.41, 5.74) is 17.4. The Morgan fingerprint density at radius 3 is 0.804 bits per heavy atom. The van der Waals surface area contributed by atoms with Crippen molar-refractivity contribution in [2.45, 2.75) is 99.6 Å². The van der Waals surface area contributed by atoms with Gasteiger partial charge in [0.2, 0.25) is 17.7 Å². The molecule has 4 aliphatic carbocycles. The molecule has 7 N–H and O–H groups in total. The van der Waals surface area contributed by atoms with Crippen LogP contribution in [0.3, 0.4) is 0 Å². The van der Waals surface area contributed by atoms with E-state index in [9.17, 15) is 33.6 Å². The molecule has 0 aromatic heterocycles. The zero-order valence-corrected chi connectivity index (χ0v) is 54.3. The minimum absolute atomic E-state index is 0.0189. The zero-order chi connectivity index (χ0) is 67.0. The Hall–Kier alpha value is -10.8. The van der Waals surface area contributed by atoms with Gasteiger partial charge in [0.15, 0.2) is 0 Å². The van der Waals surface area contributed by atoms with Crippen molar-refractivity contribution >= 4 is 42.1 Å². The molecule has 4 aliphatic rings. The zero-order valence-electron chi connectivity index (χ0n) is 54.3. The van der Waals surface area contributed by atoms with Gasteiger partial charge in [0.05, 0.1) is 0 Å². The lowest BCUT2D eigenvalue weighted by Gasteiger charge is -2.23. The molecule has 8 aromatic rings. The number of hydrogen-bond acceptors (Lipinski definition) is 11. The summed E-state index contributed by atoms with van der Waals surface area (Å²) in [5, 5.41) is 19.7. The fraction of sp³-hybridized carbons (Fsp3) is 0.304. The number of amides is 7. The lowest BCUT2D eigenvalue weighted by atomic mass is 9.98. The maximum absolute atomic E-state index is 14.4. The largest absolute Gasteiger partial charge is 0.449 e. The highest BCUT2D eigenvalue weighted by Gasteiger charge is 2.35. The highest BCUT2D eigenvalue weighted by molar-refractivity contribution is 5.91. The topological polar surface area (TPSA) is 241 Å². The number of hydrogen-bond donors (Lipinski definition) is 7. The lowest BCUT2D eigenvalue weighted by molar-refractivity contribution is -0.130. The average Bonchev–Trinajstić information content (AvgIpc) is 1.65. The summed E-state index contributed by atoms with van der Waals surface area (Å²) in [7, 11) is 1.47. The van der Waals surface area contributed by atoms with Crippen molar-refractivity contribution in [2.24, 2.45) is 0 Å². The highest BCUT2D eigenvalue weighted by atomic mass is 16.6. The van der Waals surface area contributed by atoms with Crippen LogP contribution in [0.5, 0.6) is 0 Å². The van der Waals surface area contributed by atoms with Crippen LogP contribution in [-0.4, -0.2) is 113 Å². The van der Waals surface area contributed by atoms with Crippen LogP contribution in [0.4, 0.5) is 19.2 Å². The number of fused-ring (bicyclic) bond motifs is 12. The molecule has 0 spiro atoms. The van der Waals surface area contributed by atoms with E-state index in [1.165, 1.54) is 7.05 Å². The third kappa shape index (κ3) is 15.5. The molecule has 0 fully saturated rings. The van der Waals surface area contributed by atoms with Gasteiger partial charge in [-0.15, -0.1) is 0 Å². The smallest absolute Gasteiger partial charge is 0.407 e. The molecule has 3 atom stereocenters. The molecule has 0 radical (unpaired) electrons. The number of carbonyl (C=O) groups excluding carboxylic acids is 7. The van der Waals surface area contributed by atoms with Gasteiger partial charge in [-0.2, -0.15) is 0 Å². The predicted molar refractivity (Wildman–Crippen MR) is 371 cm³/mol. The van der Waals surface area contributed by atoms with Crippen LogP contribution in [0, 0.1) is 0 Å². The molecule has 0 heterocycles. The first-order valence-electron chi connectivity index (χ1n) is 33.7. The van der Waals surface area contributed by atoms with Crippen LogP contribution < -0.4 is 37.2 Å². The quantitative estimate of drug-likeness (QED) is 0.0172. The first kappa shape index (κ1) is 66.3. The summed E-state index contributed by atoms with van der Waals surface area (Å²) < 4.78 is 23.3. The van der Waals surface area contributed by atoms with Gasteiger partial charge in [-0.3, -0.25) is 14.4 Å². The summed E-state index contributed by atoms with van der Waals surface area (Å²) in [5.74, 6) is -2.10. The molecule has 0 saturated heterocycles. The minimum Gasteiger partial charge on any atom is -0.449 e. The Bertz CT molecular complexity index is 3990. The van der Waals surface area contributed by atoms with Gasteiger partial charge in [0.25, 0.3) is 0 Å². The normalized spacial score (nSPS) is 13.9. The predicted octanol–water partition coefficient (Wildman–Crippen LogP) is 12.7. The fourth-order valence-corrected chi connectivity index (χ4v) is 14.3. The number of alkyl carbamates (subject to hydrolysis) is 4. The van der Waals surface area contributed by atoms with Crippen molar-refractivity contribution < 1.29 is 52.5 Å². The van der Waals surface area contributed by atoms with Crippen LogP contribution in [0.25, 0.3) is 44.5 Å². The second-order valence-corrected chi connectivity index (χ2v) is 25.0. The van der Waals surface area contributed by atoms with E-state index in [2.05, 4.69) is 97.9 Å². The number of likely N-dealkylation sites (N-methyl/N-ethyl adjacent to an activating group) is 1. The van der Waals surface area contributed by atoms with E-state index in [-0.39, 0.29) is 89.0 Å². The van der Waals surface area contributed by atoms with Gasteiger partial charge < -0.3 is 56.2 Å². The van der Waals surface area contributed by atoms with Crippen LogP contribution in [-0.2, 0) is 33.3 Å². The first-order valence-corrected chi connectivity index (χ1v) is 33.7. The van der Waals surface area contributed by atoms with Crippen molar-refractivity contribution in [3.63, 3.8) is 0 Å². The van der Waals surface area contributed by atoms with E-state index in [1.807, 2.05) is 133 Å². The summed E-state index contributed by atoms with van der Waals surface area (Å²) in [4.78, 5) is 95.5. The Kier molecular flexibility index (Phi) is 21.6. The van der Waals surface area contributed by atoms with Crippen LogP contribution in [0.2, 0.25) is 0 Å². The van der Waals surface area contributed by atoms with Crippen LogP contribution >= 0.6 is 0 Å². The third-order valence-electron chi connectivity index (χ3n) is 19.1. The van der Waals surface area contributed by atoms with E-state index in [0.29, 0.717) is 38.5 Å². The maximum atomic E-state index is 14.4. The number of carbonyl (C=O) groups is 7. The van der Waals surface area contributed by atoms with Crippen molar-refractivity contribution in [1.82, 2.24) is 37.2 Å². The molecule has 0 aliphatic heterocycles. The molecule has 0 saturated carbocycles. The average molecular weight is 1300 g/mol. The van der Waals surface area contributed by atoms with Gasteiger partial charge in [0, 0.05) is 50.4 Å². The molecule has 12 rings (SSSR count). The number of ether oxygens (including phenoxy) is 4. The summed E-state index contributed by atoms with van der Waals surface area (Å²) >= 11 is 0. The van der Waals surface area contributed by atoms with Crippen molar-refractivity contribution in [3.05, 3.63) is 239 Å². The minimum atomic E-state index is -1.12. The Balaban J connectivity index is 0.635. The molecule has 18 nitrogen and oxygen atoms in total. The SMILES string of the molecule is CNC(=O)C(CCCCNC(=O)C(CCCCNC(=O)OCC1c2ccccc2-c2ccccc21)NC(=O)OCC1c2ccccc2-c2ccccc21)NC(=O)C(CCCCNC(=O)OCC1c2ccccc2-c2ccccc21)NC(=O)OCC1c2ccccc2-c2ccccc21. The van der Waals surface area contributed by atoms with E-state index < -0.39 is 60.2 Å². The van der Waals surface area contributed by atoms with Crippen LogP contribution in [0.1, 0.15) is 126 Å². The summed E-state index contributed by atoms with van der Waals surface area (Å²) in [6.45, 7) is 1.09. The number of unbranched alkanes of at least 4 members (excludes halogenated alkanes) is 3. The Labute approximate surface area is 565 Å². The van der Waals surface area contributed by atoms with E-state index in [0.717, 1.165) is 89.0 Å². The number of rotatable bonds is 29. The van der Waals surface area contributed by atoms with Crippen molar-refractivity contribution in [2.75, 3.05) is 53.1 Å². The standard InChI is InChI=1S/C79H81N7O11/c1-80-73(87)70(84-75(89)72(86-79(93)97-49-69-64-38-16-8-30-56(64)57-31-9-17-39-65(57)69)42-20-23-45-83-77(91)95-47-67-60-34-12-4-26-52(60)53-27-5-13-35-61(53)67)40-18-21-43-81-74(88)71(85-78(92)96-48-68-62-36-14-6-28-54(62)55-29-7-15-37-63(55)68)41-19-22-44-82-76(90)94-46-66-58-32-10-2-24-50(58)51-25-3-11-33-59(51)66/h2-17,24-39,66-72H,18-23,40-49H2,1H3,(H,80,87)(H,81,88)(H,82,90)(H,83,91)(H,84,89)(H,85,92)(H,86,93). The lowest BCUT2D eigenvalue weighted by Crippen LogP contribution is -2.53. The van der Waals surface area contributed by atoms with Gasteiger partial charge in [-0.25, -0.2) is 19.2 Å². The molecule has 7 amide bonds. The van der Waals surface area contributed by atoms with Gasteiger partial charge >= 0.3 is 24.4 Å². The number of nitrogens with one attached hydrogen (secondary N) is 7. The monoisotopic (exact) mass is 1300 g/mol. The van der Waals surface area contributed by atoms with Gasteiger partial charge in [0.1, 0.15) is 44.6 Å². The first-order chi connectivity index (χ1) is 47.5. The molecule has 97 heavy (non-hydrogen) atoms. The van der Waals surface area contributed by atoms with Crippen molar-refractivity contribution in [3.8, 4) is 44.5 Å². The van der Waals surface area contributed by atoms with E-state index >= 15 is 0 Å². The molecule has 8 aromatic carbocycles. The van der Waals surface area contributed by atoms with E-state index in [4.69, 9.17) is 18.9 Å². The molecule has 3 unspecified atom stereocenters. The number of benzene rings is 8. The van der Waals surface area contributed by atoms with Gasteiger partial charge in [-0.05, 0) is 147 Å². The van der Waals surface area contributed by atoms with E-state index in [1.54, 1.807) is 0 Å². The Morgan fingerprint density at radius 1 is 0.289 bits per heavy atom. The van der Waals surface area contributed by atoms with Crippen LogP contribution in [0.15, 0.2) is 194 Å². The fourth-order valence-electron chi connectivity index (χ4n) is 14.3. The highest BCUT2D eigenvalue weighted by Crippen LogP contribution is 2.48. The molecular formula is C79H81N7O11. The Morgan fingerprint density at radius 2 is 0.526 bits per heavy atom. The molecule has 0 bridgehead atoms. The second kappa shape index (κ2) is 31.7.